The zero-order chi connectivity index (χ0) is 29.3. The molecule has 1 saturated heterocycles. The number of ketones is 1. The zero-order valence-electron chi connectivity index (χ0n) is 24.7. The summed E-state index contributed by atoms with van der Waals surface area (Å²) in [7, 11) is 1.94. The molecule has 0 spiro atoms. The number of Topliss-reactive ketones (excluding diaryl/α,β-unsaturated/α-hetero) is 1. The third-order valence-electron chi connectivity index (χ3n) is 7.54. The van der Waals surface area contributed by atoms with E-state index in [4.69, 9.17) is 14.8 Å². The van der Waals surface area contributed by atoms with Gasteiger partial charge in [-0.05, 0) is 38.8 Å². The first-order valence-corrected chi connectivity index (χ1v) is 14.1. The van der Waals surface area contributed by atoms with Gasteiger partial charge in [0.05, 0.1) is 17.4 Å². The van der Waals surface area contributed by atoms with Crippen molar-refractivity contribution in [2.75, 3.05) is 31.6 Å². The van der Waals surface area contributed by atoms with Crippen LogP contribution in [-0.4, -0.2) is 66.3 Å². The number of pyridine rings is 2. The molecule has 0 bridgehead atoms. The average molecular weight is 563 g/mol. The molecule has 0 saturated carbocycles. The van der Waals surface area contributed by atoms with Crippen molar-refractivity contribution in [3.63, 3.8) is 0 Å². The molecule has 11 heteroatoms. The molecule has 5 rings (SSSR count). The quantitative estimate of drug-likeness (QED) is 0.284. The van der Waals surface area contributed by atoms with Crippen LogP contribution in [0.2, 0.25) is 0 Å². The maximum absolute atomic E-state index is 12.8. The average Bonchev–Trinajstić information content (AvgIpc) is 3.59. The lowest BCUT2D eigenvalue weighted by Crippen LogP contribution is -2.26. The van der Waals surface area contributed by atoms with E-state index in [0.29, 0.717) is 41.3 Å². The van der Waals surface area contributed by atoms with Crippen molar-refractivity contribution in [3.05, 3.63) is 47.5 Å². The largest absolute Gasteiger partial charge is 0.455 e. The van der Waals surface area contributed by atoms with Crippen LogP contribution in [0.1, 0.15) is 51.1 Å². The summed E-state index contributed by atoms with van der Waals surface area (Å²) in [6.07, 6.45) is 4.61. The Kier molecular flexibility index (Phi) is 8.08. The summed E-state index contributed by atoms with van der Waals surface area (Å²) in [4.78, 5) is 27.3. The van der Waals surface area contributed by atoms with Gasteiger partial charge in [-0.25, -0.2) is 9.37 Å². The Labute approximate surface area is 239 Å². The number of halogens is 1. The Morgan fingerprint density at radius 3 is 2.78 bits per heavy atom. The first-order valence-electron chi connectivity index (χ1n) is 14.1. The van der Waals surface area contributed by atoms with Gasteiger partial charge in [-0.3, -0.25) is 14.5 Å². The summed E-state index contributed by atoms with van der Waals surface area (Å²) in [6.45, 7) is 12.9. The molecule has 1 N–H and O–H groups in total. The molecule has 1 aliphatic heterocycles. The summed E-state index contributed by atoms with van der Waals surface area (Å²) in [5, 5.41) is 8.34. The van der Waals surface area contributed by atoms with Crippen LogP contribution in [-0.2, 0) is 30.2 Å². The van der Waals surface area contributed by atoms with Crippen LogP contribution in [0.15, 0.2) is 30.6 Å². The van der Waals surface area contributed by atoms with Gasteiger partial charge in [-0.15, -0.1) is 0 Å². The number of aryl methyl sites for hydroxylation is 2. The van der Waals surface area contributed by atoms with Gasteiger partial charge in [0, 0.05) is 68.1 Å². The van der Waals surface area contributed by atoms with Crippen molar-refractivity contribution in [1.82, 2.24) is 34.2 Å². The maximum atomic E-state index is 12.8. The molecule has 4 aromatic heterocycles. The summed E-state index contributed by atoms with van der Waals surface area (Å²) in [5.74, 6) is 3.02. The fourth-order valence-corrected chi connectivity index (χ4v) is 5.50. The number of hydrogen-bond acceptors (Lipinski definition) is 8. The van der Waals surface area contributed by atoms with Gasteiger partial charge in [-0.1, -0.05) is 20.8 Å². The van der Waals surface area contributed by atoms with E-state index >= 15 is 0 Å². The van der Waals surface area contributed by atoms with Gasteiger partial charge < -0.3 is 19.5 Å². The van der Waals surface area contributed by atoms with E-state index in [0.717, 1.165) is 48.6 Å². The normalized spacial score (nSPS) is 16.0. The molecule has 0 amide bonds. The van der Waals surface area contributed by atoms with Gasteiger partial charge in [0.2, 0.25) is 5.95 Å². The molecule has 1 unspecified atom stereocenters. The van der Waals surface area contributed by atoms with E-state index in [1.54, 1.807) is 31.5 Å². The number of hydrogen-bond donors (Lipinski definition) is 1. The Bertz CT molecular complexity index is 1550. The van der Waals surface area contributed by atoms with Gasteiger partial charge in [-0.2, -0.15) is 10.1 Å². The number of fused-ring (bicyclic) bond motifs is 1. The number of aromatic nitrogens is 6. The molecule has 1 fully saturated rings. The first-order chi connectivity index (χ1) is 19.5. The SMILES string of the molecule is CC(=O)Cc1cc(Oc2cnc3nc(Nc4cc(C(C)(C)C)n(CC5CCN(CCF)C5)n4)n(C)c3c2C)ccn1. The molecule has 218 valence electrons. The fourth-order valence-electron chi connectivity index (χ4n) is 5.50. The first kappa shape index (κ1) is 28.7. The predicted molar refractivity (Wildman–Crippen MR) is 157 cm³/mol. The summed E-state index contributed by atoms with van der Waals surface area (Å²) >= 11 is 0. The number of rotatable bonds is 10. The number of alkyl halides is 1. The van der Waals surface area contributed by atoms with Crippen LogP contribution in [0.5, 0.6) is 11.5 Å². The van der Waals surface area contributed by atoms with Crippen molar-refractivity contribution >= 4 is 28.7 Å². The molecule has 5 heterocycles. The van der Waals surface area contributed by atoms with Gasteiger partial charge in [0.25, 0.3) is 0 Å². The van der Waals surface area contributed by atoms with Crippen LogP contribution in [0.3, 0.4) is 0 Å². The minimum atomic E-state index is -0.304. The van der Waals surface area contributed by atoms with E-state index in [1.165, 1.54) is 0 Å². The third-order valence-corrected chi connectivity index (χ3v) is 7.54. The molecule has 0 aromatic carbocycles. The number of anilines is 2. The summed E-state index contributed by atoms with van der Waals surface area (Å²) in [6, 6.07) is 5.62. The second-order valence-corrected chi connectivity index (χ2v) is 12.0. The van der Waals surface area contributed by atoms with Crippen LogP contribution in [0, 0.1) is 12.8 Å². The standard InChI is InChI=1S/C30H39FN8O2/c1-19(40)13-22-14-23(7-10-32-22)41-24-16-33-28-27(20(24)2)37(6)29(35-28)34-26-15-25(30(3,4)5)39(36-26)18-21-8-11-38(17-21)12-9-31/h7,10,14-16,21H,8-9,11-13,17-18H2,1-6H3,(H,33,34,35,36). The minimum Gasteiger partial charge on any atom is -0.455 e. The summed E-state index contributed by atoms with van der Waals surface area (Å²) in [5.41, 5.74) is 4.03. The molecule has 0 radical (unpaired) electrons. The van der Waals surface area contributed by atoms with E-state index in [-0.39, 0.29) is 24.3 Å². The van der Waals surface area contributed by atoms with Crippen molar-refractivity contribution in [2.24, 2.45) is 13.0 Å². The van der Waals surface area contributed by atoms with Gasteiger partial charge in [0.15, 0.2) is 17.2 Å². The summed E-state index contributed by atoms with van der Waals surface area (Å²) < 4.78 is 23.0. The maximum Gasteiger partial charge on any atom is 0.210 e. The molecule has 1 atom stereocenters. The zero-order valence-corrected chi connectivity index (χ0v) is 24.7. The second kappa shape index (κ2) is 11.6. The molecular weight excluding hydrogens is 523 g/mol. The number of nitrogens with zero attached hydrogens (tertiary/aromatic N) is 7. The Hall–Kier alpha value is -3.86. The van der Waals surface area contributed by atoms with Crippen molar-refractivity contribution in [1.29, 1.82) is 0 Å². The number of carbonyl (C=O) groups is 1. The lowest BCUT2D eigenvalue weighted by molar-refractivity contribution is -0.116. The highest BCUT2D eigenvalue weighted by Crippen LogP contribution is 2.33. The Morgan fingerprint density at radius 2 is 2.05 bits per heavy atom. The topological polar surface area (TPSA) is 103 Å². The number of likely N-dealkylation sites (tertiary alicyclic amines) is 1. The fraction of sp³-hybridized carbons (Fsp3) is 0.500. The molecular formula is C30H39FN8O2. The van der Waals surface area contributed by atoms with Crippen LogP contribution in [0.4, 0.5) is 16.2 Å². The molecule has 1 aliphatic rings. The Balaban J connectivity index is 1.38. The Morgan fingerprint density at radius 1 is 1.24 bits per heavy atom. The monoisotopic (exact) mass is 562 g/mol. The molecule has 10 nitrogen and oxygen atoms in total. The van der Waals surface area contributed by atoms with Crippen LogP contribution < -0.4 is 10.1 Å². The van der Waals surface area contributed by atoms with Crippen molar-refractivity contribution in [3.8, 4) is 11.5 Å². The highest BCUT2D eigenvalue weighted by atomic mass is 19.1. The van der Waals surface area contributed by atoms with Crippen LogP contribution in [0.25, 0.3) is 11.2 Å². The number of ether oxygens (including phenoxy) is 1. The molecule has 41 heavy (non-hydrogen) atoms. The molecule has 4 aromatic rings. The van der Waals surface area contributed by atoms with Gasteiger partial charge >= 0.3 is 0 Å². The third kappa shape index (κ3) is 6.40. The van der Waals surface area contributed by atoms with E-state index in [2.05, 4.69) is 51.7 Å². The second-order valence-electron chi connectivity index (χ2n) is 12.0. The number of imidazole rings is 1. The smallest absolute Gasteiger partial charge is 0.210 e. The lowest BCUT2D eigenvalue weighted by atomic mass is 9.92. The minimum absolute atomic E-state index is 0.0436. The number of nitrogens with one attached hydrogen (secondary N) is 1. The van der Waals surface area contributed by atoms with E-state index in [1.807, 2.05) is 18.5 Å². The van der Waals surface area contributed by atoms with Crippen molar-refractivity contribution in [2.45, 2.75) is 59.4 Å². The van der Waals surface area contributed by atoms with Crippen LogP contribution >= 0.6 is 0 Å². The highest BCUT2D eigenvalue weighted by molar-refractivity contribution is 5.81. The van der Waals surface area contributed by atoms with E-state index in [9.17, 15) is 9.18 Å². The van der Waals surface area contributed by atoms with Crippen molar-refractivity contribution < 1.29 is 13.9 Å². The highest BCUT2D eigenvalue weighted by Gasteiger charge is 2.27. The van der Waals surface area contributed by atoms with Gasteiger partial charge in [0.1, 0.15) is 18.2 Å². The lowest BCUT2D eigenvalue weighted by Gasteiger charge is -2.22. The van der Waals surface area contributed by atoms with E-state index < -0.39 is 0 Å². The predicted octanol–water partition coefficient (Wildman–Crippen LogP) is 5.12. The molecule has 0 aliphatic carbocycles. The number of carbonyl (C=O) groups excluding carboxylic acids is 1.